The van der Waals surface area contributed by atoms with Crippen molar-refractivity contribution in [3.05, 3.63) is 34.9 Å². The van der Waals surface area contributed by atoms with Gasteiger partial charge in [0.05, 0.1) is 18.2 Å². The summed E-state index contributed by atoms with van der Waals surface area (Å²) in [5.41, 5.74) is -3.69. The maximum atomic E-state index is 9.81. The Morgan fingerprint density at radius 1 is 1.18 bits per heavy atom. The van der Waals surface area contributed by atoms with Crippen LogP contribution in [0.1, 0.15) is 24.8 Å². The Hall–Kier alpha value is -2.55. The Labute approximate surface area is 132 Å². The number of nitrogens with one attached hydrogen (secondary N) is 1. The van der Waals surface area contributed by atoms with Gasteiger partial charge in [-0.1, -0.05) is 23.7 Å². The van der Waals surface area contributed by atoms with Crippen LogP contribution in [0.25, 0.3) is 0 Å². The summed E-state index contributed by atoms with van der Waals surface area (Å²) < 4.78 is 5.50. The molecule has 108 valence electrons. The molecular weight excluding hydrogens is 300 g/mol. The van der Waals surface area contributed by atoms with Crippen molar-refractivity contribution in [3.8, 4) is 18.2 Å². The standard InChI is InChI=1S/C16H11ClN4O/c1-14-6-12(10-2-4-11(17)5-3-10)16(9-20,13(21)22-14)15(14,7-18)8-19/h2-5,12,21H,6H2,1H3. The van der Waals surface area contributed by atoms with Gasteiger partial charge in [0.2, 0.25) is 11.3 Å². The molecule has 3 unspecified atom stereocenters. The Morgan fingerprint density at radius 2 is 1.77 bits per heavy atom. The first-order valence-corrected chi connectivity index (χ1v) is 7.06. The fraction of sp³-hybridized carbons (Fsp3) is 0.375. The highest BCUT2D eigenvalue weighted by atomic mass is 35.5. The van der Waals surface area contributed by atoms with Gasteiger partial charge in [-0.3, -0.25) is 5.41 Å². The molecule has 1 saturated carbocycles. The van der Waals surface area contributed by atoms with Gasteiger partial charge in [-0.25, -0.2) is 0 Å². The summed E-state index contributed by atoms with van der Waals surface area (Å²) in [4.78, 5) is 0. The van der Waals surface area contributed by atoms with Gasteiger partial charge in [0.15, 0.2) is 5.41 Å². The zero-order valence-corrected chi connectivity index (χ0v) is 12.5. The van der Waals surface area contributed by atoms with Crippen LogP contribution in [0.5, 0.6) is 0 Å². The van der Waals surface area contributed by atoms with Gasteiger partial charge in [0, 0.05) is 10.9 Å². The van der Waals surface area contributed by atoms with Crippen molar-refractivity contribution in [1.29, 1.82) is 21.2 Å². The molecule has 2 bridgehead atoms. The first-order valence-electron chi connectivity index (χ1n) is 6.68. The van der Waals surface area contributed by atoms with Crippen molar-refractivity contribution in [3.63, 3.8) is 0 Å². The molecule has 3 atom stereocenters. The minimum atomic E-state index is -1.70. The summed E-state index contributed by atoms with van der Waals surface area (Å²) in [7, 11) is 0. The monoisotopic (exact) mass is 310 g/mol. The molecule has 1 aliphatic heterocycles. The predicted octanol–water partition coefficient (Wildman–Crippen LogP) is 3.14. The minimum absolute atomic E-state index is 0.299. The molecule has 3 rings (SSSR count). The molecule has 22 heavy (non-hydrogen) atoms. The topological polar surface area (TPSA) is 104 Å². The molecule has 1 aromatic carbocycles. The quantitative estimate of drug-likeness (QED) is 0.860. The molecule has 0 spiro atoms. The molecule has 0 amide bonds. The Balaban J connectivity index is 2.28. The third-order valence-electron chi connectivity index (χ3n) is 4.97. The first-order chi connectivity index (χ1) is 10.4. The van der Waals surface area contributed by atoms with Crippen molar-refractivity contribution < 1.29 is 4.74 Å². The number of nitriles is 3. The third-order valence-corrected chi connectivity index (χ3v) is 5.22. The van der Waals surface area contributed by atoms with E-state index in [9.17, 15) is 15.8 Å². The SMILES string of the molecule is CC12CC(c3ccc(Cl)cc3)C(C#N)(C(=N)O1)C2(C#N)C#N. The van der Waals surface area contributed by atoms with Crippen LogP contribution in [0.3, 0.4) is 0 Å². The molecule has 1 aliphatic carbocycles. The molecule has 2 fully saturated rings. The lowest BCUT2D eigenvalue weighted by molar-refractivity contribution is 0.0527. The molecule has 1 N–H and O–H groups in total. The van der Waals surface area contributed by atoms with Crippen LogP contribution in [0.4, 0.5) is 0 Å². The molecule has 1 heterocycles. The first kappa shape index (κ1) is 14.4. The number of rotatable bonds is 1. The highest BCUT2D eigenvalue weighted by Gasteiger charge is 2.82. The fourth-order valence-corrected chi connectivity index (χ4v) is 3.97. The van der Waals surface area contributed by atoms with E-state index in [0.717, 1.165) is 5.56 Å². The number of halogens is 1. The lowest BCUT2D eigenvalue weighted by Gasteiger charge is -2.30. The smallest absolute Gasteiger partial charge is 0.210 e. The number of nitrogens with zero attached hydrogens (tertiary/aromatic N) is 3. The average molecular weight is 311 g/mol. The molecule has 1 aromatic rings. The second-order valence-corrected chi connectivity index (χ2v) is 6.30. The van der Waals surface area contributed by atoms with Crippen molar-refractivity contribution in [2.45, 2.75) is 24.9 Å². The molecule has 0 aromatic heterocycles. The summed E-state index contributed by atoms with van der Waals surface area (Å²) in [6.45, 7) is 1.63. The number of benzene rings is 1. The number of hydrogen-bond donors (Lipinski definition) is 1. The van der Waals surface area contributed by atoms with Gasteiger partial charge in [-0.2, -0.15) is 15.8 Å². The summed E-state index contributed by atoms with van der Waals surface area (Å²) in [6.07, 6.45) is 0.325. The highest BCUT2D eigenvalue weighted by Crippen LogP contribution is 2.70. The Bertz CT molecular complexity index is 783. The van der Waals surface area contributed by atoms with E-state index in [1.807, 2.05) is 12.1 Å². The largest absolute Gasteiger partial charge is 0.471 e. The zero-order chi connectivity index (χ0) is 16.2. The Morgan fingerprint density at radius 3 is 2.27 bits per heavy atom. The van der Waals surface area contributed by atoms with E-state index in [4.69, 9.17) is 21.7 Å². The number of ether oxygens (including phenoxy) is 1. The van der Waals surface area contributed by atoms with E-state index in [1.54, 1.807) is 31.2 Å². The van der Waals surface area contributed by atoms with Crippen LogP contribution in [0, 0.1) is 50.2 Å². The maximum Gasteiger partial charge on any atom is 0.210 e. The van der Waals surface area contributed by atoms with Gasteiger partial charge in [-0.05, 0) is 31.0 Å². The second-order valence-electron chi connectivity index (χ2n) is 5.86. The predicted molar refractivity (Wildman–Crippen MR) is 77.7 cm³/mol. The highest BCUT2D eigenvalue weighted by molar-refractivity contribution is 6.30. The molecule has 2 aliphatic rings. The lowest BCUT2D eigenvalue weighted by atomic mass is 9.62. The molecule has 0 radical (unpaired) electrons. The summed E-state index contributed by atoms with van der Waals surface area (Å²) >= 11 is 5.90. The van der Waals surface area contributed by atoms with Gasteiger partial charge in [-0.15, -0.1) is 0 Å². The average Bonchev–Trinajstić information content (AvgIpc) is 2.84. The van der Waals surface area contributed by atoms with Gasteiger partial charge in [0.25, 0.3) is 0 Å². The van der Waals surface area contributed by atoms with Crippen molar-refractivity contribution in [2.24, 2.45) is 10.8 Å². The van der Waals surface area contributed by atoms with Crippen LogP contribution >= 0.6 is 11.6 Å². The minimum Gasteiger partial charge on any atom is -0.471 e. The fourth-order valence-electron chi connectivity index (χ4n) is 3.84. The number of fused-ring (bicyclic) bond motifs is 2. The van der Waals surface area contributed by atoms with Crippen molar-refractivity contribution >= 4 is 17.5 Å². The van der Waals surface area contributed by atoms with Crippen LogP contribution in [-0.2, 0) is 4.74 Å². The summed E-state index contributed by atoms with van der Waals surface area (Å²) in [6, 6.07) is 13.0. The number of hydrogen-bond acceptors (Lipinski definition) is 5. The zero-order valence-electron chi connectivity index (χ0n) is 11.7. The van der Waals surface area contributed by atoms with Gasteiger partial charge < -0.3 is 4.74 Å². The normalized spacial score (nSPS) is 34.3. The van der Waals surface area contributed by atoms with Crippen LogP contribution in [0.15, 0.2) is 24.3 Å². The van der Waals surface area contributed by atoms with Gasteiger partial charge in [0.1, 0.15) is 5.60 Å². The van der Waals surface area contributed by atoms with E-state index in [1.165, 1.54) is 0 Å². The maximum absolute atomic E-state index is 9.81. The van der Waals surface area contributed by atoms with E-state index in [0.29, 0.717) is 11.4 Å². The summed E-state index contributed by atoms with van der Waals surface area (Å²) in [5.74, 6) is -0.757. The van der Waals surface area contributed by atoms with E-state index in [2.05, 4.69) is 6.07 Å². The van der Waals surface area contributed by atoms with Crippen LogP contribution in [-0.4, -0.2) is 11.5 Å². The summed E-state index contributed by atoms with van der Waals surface area (Å²) in [5, 5.41) is 37.8. The van der Waals surface area contributed by atoms with Crippen LogP contribution < -0.4 is 0 Å². The van der Waals surface area contributed by atoms with E-state index in [-0.39, 0.29) is 5.90 Å². The Kier molecular flexibility index (Phi) is 2.77. The molecular formula is C16H11ClN4O. The third kappa shape index (κ3) is 1.29. The van der Waals surface area contributed by atoms with Crippen molar-refractivity contribution in [1.82, 2.24) is 0 Å². The molecule has 1 saturated heterocycles. The van der Waals surface area contributed by atoms with Crippen LogP contribution in [0.2, 0.25) is 5.02 Å². The lowest BCUT2D eigenvalue weighted by Crippen LogP contribution is -2.43. The van der Waals surface area contributed by atoms with E-state index >= 15 is 0 Å². The molecule has 6 heteroatoms. The van der Waals surface area contributed by atoms with E-state index < -0.39 is 22.3 Å². The van der Waals surface area contributed by atoms with Crippen molar-refractivity contribution in [2.75, 3.05) is 0 Å². The molecule has 5 nitrogen and oxygen atoms in total. The van der Waals surface area contributed by atoms with Gasteiger partial charge >= 0.3 is 0 Å². The second kappa shape index (κ2) is 4.23.